The van der Waals surface area contributed by atoms with E-state index in [2.05, 4.69) is 67.5 Å². The van der Waals surface area contributed by atoms with Crippen molar-refractivity contribution in [3.63, 3.8) is 0 Å². The highest BCUT2D eigenvalue weighted by molar-refractivity contribution is 5.52. The van der Waals surface area contributed by atoms with Crippen LogP contribution >= 0.6 is 0 Å². The molecule has 0 amide bonds. The third-order valence-corrected chi connectivity index (χ3v) is 5.43. The maximum Gasteiger partial charge on any atom is 0.00954 e. The third-order valence-electron chi connectivity index (χ3n) is 5.43. The zero-order valence-corrected chi connectivity index (χ0v) is 13.6. The highest BCUT2D eigenvalue weighted by Crippen LogP contribution is 2.60. The van der Waals surface area contributed by atoms with Crippen LogP contribution in [0, 0.1) is 0 Å². The SMILES string of the molecule is CN(C)CCCC1c2ccccc2C2CC2c2ccccc21. The van der Waals surface area contributed by atoms with Crippen molar-refractivity contribution in [2.45, 2.75) is 37.0 Å². The van der Waals surface area contributed by atoms with Crippen molar-refractivity contribution in [1.29, 1.82) is 0 Å². The highest BCUT2D eigenvalue weighted by Gasteiger charge is 2.45. The number of hydrogen-bond acceptors (Lipinski definition) is 1. The molecule has 0 N–H and O–H groups in total. The lowest BCUT2D eigenvalue weighted by atomic mass is 9.83. The minimum absolute atomic E-state index is 0.583. The molecule has 2 atom stereocenters. The summed E-state index contributed by atoms with van der Waals surface area (Å²) in [4.78, 5) is 2.30. The van der Waals surface area contributed by atoms with E-state index in [0.29, 0.717) is 5.92 Å². The number of fused-ring (bicyclic) bond motifs is 5. The maximum atomic E-state index is 2.38. The van der Waals surface area contributed by atoms with E-state index in [0.717, 1.165) is 11.8 Å². The average molecular weight is 291 g/mol. The first-order chi connectivity index (χ1) is 10.8. The van der Waals surface area contributed by atoms with Crippen molar-refractivity contribution in [3.05, 3.63) is 70.8 Å². The summed E-state index contributed by atoms with van der Waals surface area (Å²) in [7, 11) is 4.34. The van der Waals surface area contributed by atoms with Crippen LogP contribution in [0.5, 0.6) is 0 Å². The van der Waals surface area contributed by atoms with Crippen molar-refractivity contribution >= 4 is 0 Å². The molecule has 4 rings (SSSR count). The van der Waals surface area contributed by atoms with E-state index in [1.165, 1.54) is 25.8 Å². The Balaban J connectivity index is 1.74. The van der Waals surface area contributed by atoms with Crippen molar-refractivity contribution in [1.82, 2.24) is 4.90 Å². The van der Waals surface area contributed by atoms with E-state index in [9.17, 15) is 0 Å². The second-order valence-electron chi connectivity index (χ2n) is 7.20. The van der Waals surface area contributed by atoms with E-state index in [-0.39, 0.29) is 0 Å². The van der Waals surface area contributed by atoms with E-state index in [1.807, 2.05) is 0 Å². The summed E-state index contributed by atoms with van der Waals surface area (Å²) in [6.45, 7) is 1.17. The van der Waals surface area contributed by atoms with E-state index < -0.39 is 0 Å². The molecule has 2 aromatic rings. The van der Waals surface area contributed by atoms with Gasteiger partial charge in [-0.25, -0.2) is 0 Å². The molecule has 0 spiro atoms. The monoisotopic (exact) mass is 291 g/mol. The maximum absolute atomic E-state index is 2.38. The Kier molecular flexibility index (Phi) is 3.54. The van der Waals surface area contributed by atoms with Crippen LogP contribution < -0.4 is 0 Å². The molecule has 2 aromatic carbocycles. The van der Waals surface area contributed by atoms with Crippen LogP contribution in [0.4, 0.5) is 0 Å². The zero-order chi connectivity index (χ0) is 15.1. The Hall–Kier alpha value is -1.60. The van der Waals surface area contributed by atoms with Gasteiger partial charge in [0.05, 0.1) is 0 Å². The van der Waals surface area contributed by atoms with Crippen LogP contribution in [-0.4, -0.2) is 25.5 Å². The Bertz CT molecular complexity index is 622. The third kappa shape index (κ3) is 2.38. The van der Waals surface area contributed by atoms with Gasteiger partial charge in [0, 0.05) is 5.92 Å². The average Bonchev–Trinajstić information content (AvgIpc) is 3.32. The predicted octanol–water partition coefficient (Wildman–Crippen LogP) is 4.74. The number of benzene rings is 2. The quantitative estimate of drug-likeness (QED) is 0.786. The minimum atomic E-state index is 0.583. The second kappa shape index (κ2) is 5.55. The van der Waals surface area contributed by atoms with Gasteiger partial charge in [-0.1, -0.05) is 48.5 Å². The molecule has 0 heterocycles. The van der Waals surface area contributed by atoms with Gasteiger partial charge in [-0.05, 0) is 74.0 Å². The van der Waals surface area contributed by atoms with Gasteiger partial charge in [0.2, 0.25) is 0 Å². The molecule has 1 heteroatoms. The molecular weight excluding hydrogens is 266 g/mol. The molecule has 2 aliphatic rings. The predicted molar refractivity (Wildman–Crippen MR) is 92.6 cm³/mol. The topological polar surface area (TPSA) is 3.24 Å². The van der Waals surface area contributed by atoms with Crippen molar-refractivity contribution in [2.75, 3.05) is 20.6 Å². The lowest BCUT2D eigenvalue weighted by Gasteiger charge is -2.22. The smallest absolute Gasteiger partial charge is 0.00954 e. The lowest BCUT2D eigenvalue weighted by Crippen LogP contribution is -2.14. The molecule has 114 valence electrons. The largest absolute Gasteiger partial charge is 0.309 e. The van der Waals surface area contributed by atoms with Gasteiger partial charge in [0.25, 0.3) is 0 Å². The van der Waals surface area contributed by atoms with Gasteiger partial charge in [0.1, 0.15) is 0 Å². The van der Waals surface area contributed by atoms with Crippen LogP contribution in [0.1, 0.15) is 59.3 Å². The summed E-state index contributed by atoms with van der Waals surface area (Å²) < 4.78 is 0. The van der Waals surface area contributed by atoms with E-state index in [1.54, 1.807) is 22.3 Å². The first-order valence-corrected chi connectivity index (χ1v) is 8.58. The first kappa shape index (κ1) is 14.0. The van der Waals surface area contributed by atoms with Gasteiger partial charge in [0.15, 0.2) is 0 Å². The molecular formula is C21H25N. The fraction of sp³-hybridized carbons (Fsp3) is 0.429. The molecule has 0 aromatic heterocycles. The number of nitrogens with zero attached hydrogens (tertiary/aromatic N) is 1. The standard InChI is InChI=1S/C21H25N/c1-22(2)13-7-12-17-15-8-3-5-10-18(15)20-14-21(20)19-11-6-4-9-16(17)19/h3-6,8-11,17,20-21H,7,12-14H2,1-2H3. The molecule has 1 nitrogen and oxygen atoms in total. The van der Waals surface area contributed by atoms with Crippen LogP contribution in [0.3, 0.4) is 0 Å². The summed E-state index contributed by atoms with van der Waals surface area (Å²) in [6.07, 6.45) is 3.86. The van der Waals surface area contributed by atoms with Crippen molar-refractivity contribution < 1.29 is 0 Å². The van der Waals surface area contributed by atoms with Gasteiger partial charge < -0.3 is 4.90 Å². The highest BCUT2D eigenvalue weighted by atomic mass is 15.0. The molecule has 22 heavy (non-hydrogen) atoms. The van der Waals surface area contributed by atoms with Crippen molar-refractivity contribution in [3.8, 4) is 0 Å². The van der Waals surface area contributed by atoms with Gasteiger partial charge in [-0.3, -0.25) is 0 Å². The fourth-order valence-corrected chi connectivity index (χ4v) is 4.30. The Morgan fingerprint density at radius 1 is 0.818 bits per heavy atom. The first-order valence-electron chi connectivity index (χ1n) is 8.58. The summed E-state index contributed by atoms with van der Waals surface area (Å²) in [5, 5.41) is 0. The molecule has 0 radical (unpaired) electrons. The van der Waals surface area contributed by atoms with Crippen LogP contribution in [0.15, 0.2) is 48.5 Å². The summed E-state index contributed by atoms with van der Waals surface area (Å²) in [5.41, 5.74) is 6.44. The molecule has 1 fully saturated rings. The van der Waals surface area contributed by atoms with Gasteiger partial charge in [-0.2, -0.15) is 0 Å². The Morgan fingerprint density at radius 3 is 1.82 bits per heavy atom. The summed E-state index contributed by atoms with van der Waals surface area (Å²) in [6, 6.07) is 18.4. The second-order valence-corrected chi connectivity index (χ2v) is 7.20. The van der Waals surface area contributed by atoms with Crippen LogP contribution in [0.2, 0.25) is 0 Å². The lowest BCUT2D eigenvalue weighted by molar-refractivity contribution is 0.389. The van der Waals surface area contributed by atoms with E-state index >= 15 is 0 Å². The summed E-state index contributed by atoms with van der Waals surface area (Å²) in [5.74, 6) is 2.13. The van der Waals surface area contributed by atoms with Gasteiger partial charge >= 0.3 is 0 Å². The Labute approximate surface area is 134 Å². The van der Waals surface area contributed by atoms with Gasteiger partial charge in [-0.15, -0.1) is 0 Å². The van der Waals surface area contributed by atoms with Crippen LogP contribution in [0.25, 0.3) is 0 Å². The number of rotatable bonds is 4. The van der Waals surface area contributed by atoms with Crippen molar-refractivity contribution in [2.24, 2.45) is 0 Å². The molecule has 1 saturated carbocycles. The normalized spacial score (nSPS) is 25.1. The molecule has 0 saturated heterocycles. The minimum Gasteiger partial charge on any atom is -0.309 e. The zero-order valence-electron chi connectivity index (χ0n) is 13.6. The molecule has 0 aliphatic heterocycles. The number of hydrogen-bond donors (Lipinski definition) is 0. The molecule has 2 unspecified atom stereocenters. The fourth-order valence-electron chi connectivity index (χ4n) is 4.30. The van der Waals surface area contributed by atoms with E-state index in [4.69, 9.17) is 0 Å². The molecule has 0 bridgehead atoms. The van der Waals surface area contributed by atoms with Crippen LogP contribution in [-0.2, 0) is 0 Å². The molecule has 2 aliphatic carbocycles. The summed E-state index contributed by atoms with van der Waals surface area (Å²) >= 11 is 0. The Morgan fingerprint density at radius 2 is 1.32 bits per heavy atom.